The molecule has 6 nitrogen and oxygen atoms in total. The number of methoxy groups -OCH3 is 2. The van der Waals surface area contributed by atoms with Crippen LogP contribution in [0.2, 0.25) is 0 Å². The summed E-state index contributed by atoms with van der Waals surface area (Å²) in [4.78, 5) is 13.0. The summed E-state index contributed by atoms with van der Waals surface area (Å²) < 4.78 is 23.2. The Hall–Kier alpha value is -1.41. The molecule has 2 heterocycles. The maximum Gasteiger partial charge on any atom is 0.256 e. The second-order valence-corrected chi connectivity index (χ2v) is 8.07. The van der Waals surface area contributed by atoms with Gasteiger partial charge in [0.15, 0.2) is 0 Å². The summed E-state index contributed by atoms with van der Waals surface area (Å²) in [6.07, 6.45) is 0.259. The van der Waals surface area contributed by atoms with E-state index in [1.165, 1.54) is 0 Å². The van der Waals surface area contributed by atoms with Crippen molar-refractivity contribution in [1.29, 1.82) is 0 Å². The summed E-state index contributed by atoms with van der Waals surface area (Å²) in [6.45, 7) is 6.74. The van der Waals surface area contributed by atoms with E-state index in [9.17, 15) is 4.79 Å². The molecular formula is C20H26BrNO5. The van der Waals surface area contributed by atoms with E-state index < -0.39 is 11.8 Å². The van der Waals surface area contributed by atoms with Gasteiger partial charge in [-0.2, -0.15) is 0 Å². The van der Waals surface area contributed by atoms with Gasteiger partial charge in [0.1, 0.15) is 17.4 Å². The van der Waals surface area contributed by atoms with Crippen LogP contribution in [0, 0.1) is 6.92 Å². The molecule has 148 valence electrons. The van der Waals surface area contributed by atoms with Gasteiger partial charge < -0.3 is 24.3 Å². The zero-order valence-corrected chi connectivity index (χ0v) is 17.9. The van der Waals surface area contributed by atoms with Gasteiger partial charge in [-0.15, -0.1) is 0 Å². The highest BCUT2D eigenvalue weighted by Crippen LogP contribution is 2.41. The van der Waals surface area contributed by atoms with Crippen LogP contribution >= 0.6 is 15.9 Å². The van der Waals surface area contributed by atoms with E-state index in [4.69, 9.17) is 18.9 Å². The zero-order chi connectivity index (χ0) is 19.8. The van der Waals surface area contributed by atoms with Crippen LogP contribution < -0.4 is 5.32 Å². The van der Waals surface area contributed by atoms with E-state index >= 15 is 0 Å². The average Bonchev–Trinajstić information content (AvgIpc) is 3.28. The first kappa shape index (κ1) is 20.3. The second-order valence-electron chi connectivity index (χ2n) is 7.15. The van der Waals surface area contributed by atoms with Crippen molar-refractivity contribution in [1.82, 2.24) is 5.32 Å². The van der Waals surface area contributed by atoms with Gasteiger partial charge in [0.2, 0.25) is 6.29 Å². The molecule has 2 aliphatic rings. The lowest BCUT2D eigenvalue weighted by molar-refractivity contribution is -0.116. The summed E-state index contributed by atoms with van der Waals surface area (Å²) in [5, 5.41) is 3.04. The van der Waals surface area contributed by atoms with E-state index in [-0.39, 0.29) is 12.0 Å². The van der Waals surface area contributed by atoms with Crippen LogP contribution in [0.5, 0.6) is 0 Å². The average molecular weight is 440 g/mol. The van der Waals surface area contributed by atoms with Gasteiger partial charge in [0.05, 0.1) is 18.8 Å². The number of benzene rings is 1. The minimum atomic E-state index is -0.755. The lowest BCUT2D eigenvalue weighted by Crippen LogP contribution is -2.46. The van der Waals surface area contributed by atoms with E-state index in [2.05, 4.69) is 28.2 Å². The molecule has 0 saturated carbocycles. The Kier molecular flexibility index (Phi) is 5.96. The molecule has 0 aliphatic carbocycles. The molecule has 0 radical (unpaired) electrons. The fraction of sp³-hybridized carbons (Fsp3) is 0.550. The van der Waals surface area contributed by atoms with Crippen LogP contribution in [0.3, 0.4) is 0 Å². The normalized spacial score (nSPS) is 27.1. The smallest absolute Gasteiger partial charge is 0.256 e. The maximum atomic E-state index is 13.0. The van der Waals surface area contributed by atoms with E-state index in [1.54, 1.807) is 14.2 Å². The standard InChI is InChI=1S/C20H26BrNO5/c1-6-12-8-13(21)7-11(2)15(12)16-17(27-19-14(26-19)9-24-4)20(3,10-25-5)22-18(16)23/h7-8,14,19H,6,9-10H2,1-5H3,(H,22,23). The second kappa shape index (κ2) is 7.91. The lowest BCUT2D eigenvalue weighted by atomic mass is 9.91. The first-order chi connectivity index (χ1) is 12.8. The maximum absolute atomic E-state index is 13.0. The topological polar surface area (TPSA) is 69.3 Å². The van der Waals surface area contributed by atoms with Crippen molar-refractivity contribution >= 4 is 27.4 Å². The van der Waals surface area contributed by atoms with Gasteiger partial charge >= 0.3 is 0 Å². The minimum absolute atomic E-state index is 0.122. The fourth-order valence-corrected chi connectivity index (χ4v) is 4.25. The van der Waals surface area contributed by atoms with Crippen molar-refractivity contribution in [3.63, 3.8) is 0 Å². The van der Waals surface area contributed by atoms with Gasteiger partial charge in [-0.05, 0) is 49.1 Å². The third kappa shape index (κ3) is 3.92. The molecule has 1 aromatic carbocycles. The molecule has 3 rings (SSSR count). The number of epoxide rings is 1. The van der Waals surface area contributed by atoms with Crippen molar-refractivity contribution in [3.8, 4) is 0 Å². The van der Waals surface area contributed by atoms with Gasteiger partial charge in [0, 0.05) is 18.7 Å². The molecule has 3 atom stereocenters. The van der Waals surface area contributed by atoms with Crippen molar-refractivity contribution in [2.24, 2.45) is 0 Å². The van der Waals surface area contributed by atoms with Crippen LogP contribution in [-0.2, 0) is 30.2 Å². The van der Waals surface area contributed by atoms with Gasteiger partial charge in [-0.25, -0.2) is 0 Å². The summed E-state index contributed by atoms with van der Waals surface area (Å²) in [6, 6.07) is 4.06. The monoisotopic (exact) mass is 439 g/mol. The molecule has 1 amide bonds. The van der Waals surface area contributed by atoms with Crippen molar-refractivity contribution < 1.29 is 23.7 Å². The third-order valence-electron chi connectivity index (χ3n) is 4.89. The number of rotatable bonds is 8. The summed E-state index contributed by atoms with van der Waals surface area (Å²) >= 11 is 3.55. The number of nitrogens with one attached hydrogen (secondary N) is 1. The summed E-state index contributed by atoms with van der Waals surface area (Å²) in [5.41, 5.74) is 2.81. The molecule has 7 heteroatoms. The number of amides is 1. The quantitative estimate of drug-likeness (QED) is 0.630. The molecule has 1 N–H and O–H groups in total. The highest BCUT2D eigenvalue weighted by Gasteiger charge is 2.50. The number of carbonyl (C=O) groups excluding carboxylic acids is 1. The first-order valence-electron chi connectivity index (χ1n) is 9.01. The predicted octanol–water partition coefficient (Wildman–Crippen LogP) is 2.95. The van der Waals surface area contributed by atoms with Gasteiger partial charge in [0.25, 0.3) is 5.91 Å². The molecule has 1 saturated heterocycles. The van der Waals surface area contributed by atoms with Crippen molar-refractivity contribution in [2.45, 2.75) is 45.1 Å². The molecule has 0 spiro atoms. The molecular weight excluding hydrogens is 414 g/mol. The Morgan fingerprint density at radius 1 is 1.30 bits per heavy atom. The van der Waals surface area contributed by atoms with E-state index in [0.29, 0.717) is 24.5 Å². The van der Waals surface area contributed by atoms with Crippen LogP contribution in [-0.4, -0.2) is 51.3 Å². The van der Waals surface area contributed by atoms with Crippen LogP contribution in [0.15, 0.2) is 22.4 Å². The summed E-state index contributed by atoms with van der Waals surface area (Å²) in [7, 11) is 3.23. The molecule has 0 aromatic heterocycles. The number of hydrogen-bond acceptors (Lipinski definition) is 5. The Bertz CT molecular complexity index is 778. The lowest BCUT2D eigenvalue weighted by Gasteiger charge is -2.26. The highest BCUT2D eigenvalue weighted by atomic mass is 79.9. The highest BCUT2D eigenvalue weighted by molar-refractivity contribution is 9.10. The Balaban J connectivity index is 2.10. The molecule has 0 bridgehead atoms. The largest absolute Gasteiger partial charge is 0.463 e. The number of hydrogen-bond donors (Lipinski definition) is 1. The van der Waals surface area contributed by atoms with E-state index in [0.717, 1.165) is 27.6 Å². The predicted molar refractivity (Wildman–Crippen MR) is 105 cm³/mol. The van der Waals surface area contributed by atoms with Gasteiger partial charge in [-0.1, -0.05) is 22.9 Å². The number of ether oxygens (including phenoxy) is 4. The zero-order valence-electron chi connectivity index (χ0n) is 16.3. The summed E-state index contributed by atoms with van der Waals surface area (Å²) in [5.74, 6) is 0.409. The number of carbonyl (C=O) groups is 1. The molecule has 1 aromatic rings. The van der Waals surface area contributed by atoms with Crippen LogP contribution in [0.4, 0.5) is 0 Å². The Morgan fingerprint density at radius 3 is 2.67 bits per heavy atom. The number of aryl methyl sites for hydroxylation is 2. The SMILES string of the molecule is CCc1cc(Br)cc(C)c1C1=C(OC2OC2COC)C(C)(COC)NC1=O. The fourth-order valence-electron chi connectivity index (χ4n) is 3.63. The van der Waals surface area contributed by atoms with Crippen LogP contribution in [0.25, 0.3) is 5.57 Å². The van der Waals surface area contributed by atoms with Crippen LogP contribution in [0.1, 0.15) is 30.5 Å². The first-order valence-corrected chi connectivity index (χ1v) is 9.80. The molecule has 27 heavy (non-hydrogen) atoms. The molecule has 3 unspecified atom stereocenters. The Morgan fingerprint density at radius 2 is 2.04 bits per heavy atom. The third-order valence-corrected chi connectivity index (χ3v) is 5.35. The van der Waals surface area contributed by atoms with Gasteiger partial charge in [-0.3, -0.25) is 4.79 Å². The van der Waals surface area contributed by atoms with E-state index in [1.807, 2.05) is 26.0 Å². The van der Waals surface area contributed by atoms with Crippen molar-refractivity contribution in [2.75, 3.05) is 27.4 Å². The minimum Gasteiger partial charge on any atom is -0.463 e. The Labute approximate surface area is 168 Å². The number of halogens is 1. The molecule has 2 aliphatic heterocycles. The van der Waals surface area contributed by atoms with Crippen molar-refractivity contribution in [3.05, 3.63) is 39.1 Å². The molecule has 1 fully saturated rings.